The summed E-state index contributed by atoms with van der Waals surface area (Å²) in [6.45, 7) is 10.2. The monoisotopic (exact) mass is 273 g/mol. The maximum absolute atomic E-state index is 4.49. The zero-order valence-electron chi connectivity index (χ0n) is 13.1. The molecule has 1 N–H and O–H groups in total. The van der Waals surface area contributed by atoms with Gasteiger partial charge in [0.25, 0.3) is 0 Å². The lowest BCUT2D eigenvalue weighted by Crippen LogP contribution is -2.38. The summed E-state index contributed by atoms with van der Waals surface area (Å²) in [6, 6.07) is 3.02. The van der Waals surface area contributed by atoms with Crippen LogP contribution in [0.2, 0.25) is 0 Å². The molecule has 3 rings (SSSR count). The molecule has 1 saturated carbocycles. The fraction of sp³-hybridized carbons (Fsp3) is 0.706. The first kappa shape index (κ1) is 13.9. The number of hydrogen-bond acceptors (Lipinski definition) is 3. The van der Waals surface area contributed by atoms with E-state index in [0.29, 0.717) is 5.41 Å². The molecule has 0 amide bonds. The van der Waals surface area contributed by atoms with Gasteiger partial charge in [-0.25, -0.2) is 0 Å². The van der Waals surface area contributed by atoms with Crippen LogP contribution in [0.5, 0.6) is 0 Å². The summed E-state index contributed by atoms with van der Waals surface area (Å²) < 4.78 is 0. The Kier molecular flexibility index (Phi) is 3.72. The number of piperidine rings is 1. The van der Waals surface area contributed by atoms with E-state index in [0.717, 1.165) is 18.3 Å². The molecule has 0 radical (unpaired) electrons. The molecule has 110 valence electrons. The average Bonchev–Trinajstić information content (AvgIpc) is 3.21. The quantitative estimate of drug-likeness (QED) is 0.912. The van der Waals surface area contributed by atoms with Gasteiger partial charge in [-0.05, 0) is 44.1 Å². The highest BCUT2D eigenvalue weighted by Gasteiger charge is 2.27. The van der Waals surface area contributed by atoms with Crippen molar-refractivity contribution in [3.05, 3.63) is 23.5 Å². The van der Waals surface area contributed by atoms with Gasteiger partial charge in [0, 0.05) is 48.8 Å². The van der Waals surface area contributed by atoms with Gasteiger partial charge >= 0.3 is 0 Å². The summed E-state index contributed by atoms with van der Waals surface area (Å²) in [4.78, 5) is 7.05. The maximum Gasteiger partial charge on any atom is 0.0445 e. The van der Waals surface area contributed by atoms with E-state index in [1.54, 1.807) is 0 Å². The first-order chi connectivity index (χ1) is 9.53. The molecule has 3 nitrogen and oxygen atoms in total. The third-order valence-corrected chi connectivity index (χ3v) is 4.71. The Morgan fingerprint density at radius 1 is 1.30 bits per heavy atom. The van der Waals surface area contributed by atoms with E-state index >= 15 is 0 Å². The second-order valence-electron chi connectivity index (χ2n) is 7.26. The fourth-order valence-corrected chi connectivity index (χ4v) is 2.90. The number of aryl methyl sites for hydroxylation is 1. The second kappa shape index (κ2) is 5.36. The number of nitrogens with zero attached hydrogens (tertiary/aromatic N) is 2. The molecule has 20 heavy (non-hydrogen) atoms. The van der Waals surface area contributed by atoms with E-state index in [1.165, 1.54) is 50.0 Å². The number of pyridine rings is 1. The van der Waals surface area contributed by atoms with Crippen molar-refractivity contribution in [1.82, 2.24) is 10.3 Å². The number of rotatable bonds is 4. The van der Waals surface area contributed by atoms with Crippen LogP contribution in [0.3, 0.4) is 0 Å². The Labute approximate surface area is 122 Å². The smallest absolute Gasteiger partial charge is 0.0445 e. The Balaban J connectivity index is 1.74. The van der Waals surface area contributed by atoms with Gasteiger partial charge < -0.3 is 10.2 Å². The highest BCUT2D eigenvalue weighted by atomic mass is 15.1. The number of hydrogen-bond donors (Lipinski definition) is 1. The first-order valence-electron chi connectivity index (χ1n) is 7.97. The minimum atomic E-state index is 0.505. The lowest BCUT2D eigenvalue weighted by atomic mass is 9.82. The molecule has 3 heteroatoms. The summed E-state index contributed by atoms with van der Waals surface area (Å²) in [7, 11) is 0. The highest BCUT2D eigenvalue weighted by molar-refractivity contribution is 5.54. The summed E-state index contributed by atoms with van der Waals surface area (Å²) in [6.07, 6.45) is 7.31. The van der Waals surface area contributed by atoms with Crippen LogP contribution in [-0.4, -0.2) is 24.1 Å². The molecule has 1 aliphatic heterocycles. The molecule has 0 atom stereocenters. The molecule has 2 aliphatic rings. The maximum atomic E-state index is 4.49. The summed E-state index contributed by atoms with van der Waals surface area (Å²) in [5, 5.41) is 3.62. The van der Waals surface area contributed by atoms with Crippen molar-refractivity contribution in [1.29, 1.82) is 0 Å². The number of aromatic nitrogens is 1. The highest BCUT2D eigenvalue weighted by Crippen LogP contribution is 2.33. The van der Waals surface area contributed by atoms with E-state index in [4.69, 9.17) is 0 Å². The van der Waals surface area contributed by atoms with Crippen LogP contribution in [0.1, 0.15) is 50.8 Å². The van der Waals surface area contributed by atoms with Crippen molar-refractivity contribution in [3.63, 3.8) is 0 Å². The molecular formula is C17H27N3. The van der Waals surface area contributed by atoms with Crippen LogP contribution in [0.4, 0.5) is 5.69 Å². The standard InChI is InChI=1S/C17H27N3/c1-13-10-16(20-8-6-17(2,3)7-9-20)14(11-18-13)12-19-15-4-5-15/h10-11,15,19H,4-9,12H2,1-3H3. The molecule has 1 aromatic rings. The Morgan fingerprint density at radius 3 is 2.65 bits per heavy atom. The molecule has 1 aliphatic carbocycles. The van der Waals surface area contributed by atoms with Crippen molar-refractivity contribution in [2.75, 3.05) is 18.0 Å². The second-order valence-corrected chi connectivity index (χ2v) is 7.26. The van der Waals surface area contributed by atoms with Crippen LogP contribution in [0, 0.1) is 12.3 Å². The SMILES string of the molecule is Cc1cc(N2CCC(C)(C)CC2)c(CNC2CC2)cn1. The van der Waals surface area contributed by atoms with Gasteiger partial charge in [-0.1, -0.05) is 13.8 Å². The molecule has 1 aromatic heterocycles. The van der Waals surface area contributed by atoms with Gasteiger partial charge in [0.1, 0.15) is 0 Å². The van der Waals surface area contributed by atoms with Crippen LogP contribution < -0.4 is 10.2 Å². The van der Waals surface area contributed by atoms with Gasteiger partial charge in [-0.3, -0.25) is 4.98 Å². The van der Waals surface area contributed by atoms with Crippen molar-refractivity contribution >= 4 is 5.69 Å². The van der Waals surface area contributed by atoms with Crippen LogP contribution in [-0.2, 0) is 6.54 Å². The predicted octanol–water partition coefficient (Wildman–Crippen LogP) is 3.27. The topological polar surface area (TPSA) is 28.2 Å². The Morgan fingerprint density at radius 2 is 2.00 bits per heavy atom. The number of anilines is 1. The normalized spacial score (nSPS) is 22.1. The largest absolute Gasteiger partial charge is 0.371 e. The summed E-state index contributed by atoms with van der Waals surface area (Å²) in [5.41, 5.74) is 4.40. The van der Waals surface area contributed by atoms with Gasteiger partial charge in [0.05, 0.1) is 0 Å². The Bertz CT molecular complexity index is 467. The van der Waals surface area contributed by atoms with Gasteiger partial charge in [0.15, 0.2) is 0 Å². The fourth-order valence-electron chi connectivity index (χ4n) is 2.90. The minimum absolute atomic E-state index is 0.505. The molecule has 0 aromatic carbocycles. The van der Waals surface area contributed by atoms with Crippen molar-refractivity contribution in [3.8, 4) is 0 Å². The molecule has 2 fully saturated rings. The van der Waals surface area contributed by atoms with Crippen LogP contribution in [0.15, 0.2) is 12.3 Å². The molecule has 0 bridgehead atoms. The third kappa shape index (κ3) is 3.32. The lowest BCUT2D eigenvalue weighted by molar-refractivity contribution is 0.279. The van der Waals surface area contributed by atoms with Gasteiger partial charge in [-0.15, -0.1) is 0 Å². The van der Waals surface area contributed by atoms with E-state index in [-0.39, 0.29) is 0 Å². The summed E-state index contributed by atoms with van der Waals surface area (Å²) in [5.74, 6) is 0. The van der Waals surface area contributed by atoms with Crippen molar-refractivity contribution < 1.29 is 0 Å². The van der Waals surface area contributed by atoms with Gasteiger partial charge in [-0.2, -0.15) is 0 Å². The van der Waals surface area contributed by atoms with Gasteiger partial charge in [0.2, 0.25) is 0 Å². The molecule has 2 heterocycles. The molecule has 0 unspecified atom stereocenters. The van der Waals surface area contributed by atoms with E-state index < -0.39 is 0 Å². The van der Waals surface area contributed by atoms with Crippen LogP contribution in [0.25, 0.3) is 0 Å². The van der Waals surface area contributed by atoms with Crippen molar-refractivity contribution in [2.24, 2.45) is 5.41 Å². The van der Waals surface area contributed by atoms with Crippen molar-refractivity contribution in [2.45, 2.75) is 59.0 Å². The van der Waals surface area contributed by atoms with Crippen LogP contribution >= 0.6 is 0 Å². The third-order valence-electron chi connectivity index (χ3n) is 4.71. The zero-order chi connectivity index (χ0) is 14.2. The predicted molar refractivity (Wildman–Crippen MR) is 84.1 cm³/mol. The zero-order valence-corrected chi connectivity index (χ0v) is 13.1. The molecule has 0 spiro atoms. The average molecular weight is 273 g/mol. The Hall–Kier alpha value is -1.09. The molecule has 1 saturated heterocycles. The van der Waals surface area contributed by atoms with E-state index in [2.05, 4.69) is 48.2 Å². The number of nitrogens with one attached hydrogen (secondary N) is 1. The molecular weight excluding hydrogens is 246 g/mol. The summed E-state index contributed by atoms with van der Waals surface area (Å²) >= 11 is 0. The van der Waals surface area contributed by atoms with E-state index in [1.807, 2.05) is 0 Å². The van der Waals surface area contributed by atoms with E-state index in [9.17, 15) is 0 Å². The lowest BCUT2D eigenvalue weighted by Gasteiger charge is -2.39. The first-order valence-corrected chi connectivity index (χ1v) is 7.97. The minimum Gasteiger partial charge on any atom is -0.371 e.